The number of amides is 1. The first-order chi connectivity index (χ1) is 37.6. The zero-order valence-corrected chi connectivity index (χ0v) is 47.4. The van der Waals surface area contributed by atoms with Crippen LogP contribution in [0.3, 0.4) is 0 Å². The van der Waals surface area contributed by atoms with Crippen molar-refractivity contribution >= 4 is 115 Å². The van der Waals surface area contributed by atoms with Crippen LogP contribution in [0.2, 0.25) is 10.0 Å². The Bertz CT molecular complexity index is 3640. The number of nitrogens with one attached hydrogen (secondary N) is 1. The van der Waals surface area contributed by atoms with Crippen LogP contribution in [0, 0.1) is 33.6 Å². The van der Waals surface area contributed by atoms with Crippen LogP contribution in [0.25, 0.3) is 34.0 Å². The molecule has 0 fully saturated rings. The number of ether oxygens (including phenoxy) is 1. The molecule has 0 saturated heterocycles. The van der Waals surface area contributed by atoms with Gasteiger partial charge in [0.15, 0.2) is 5.78 Å². The van der Waals surface area contributed by atoms with Crippen LogP contribution in [0.1, 0.15) is 132 Å². The Morgan fingerprint density at radius 3 is 1.80 bits per heavy atom. The lowest BCUT2D eigenvalue weighted by Crippen LogP contribution is -2.25. The Labute approximate surface area is 485 Å². The number of anilines is 2. The summed E-state index contributed by atoms with van der Waals surface area (Å²) in [6.45, 7) is 13.9. The molecule has 2 aromatic carbocycles. The molecule has 16 nitrogen and oxygen atoms in total. The molecular weight excluding hydrogens is 1100 g/mol. The zero-order valence-electron chi connectivity index (χ0n) is 44.4. The molecule has 0 saturated carbocycles. The predicted molar refractivity (Wildman–Crippen MR) is 322 cm³/mol. The number of nitrogens with two attached hydrogens (primary N) is 3. The first kappa shape index (κ1) is 61.6. The lowest BCUT2D eigenvalue weighted by molar-refractivity contribution is 0.0695. The van der Waals surface area contributed by atoms with Crippen molar-refractivity contribution in [2.75, 3.05) is 18.1 Å². The van der Waals surface area contributed by atoms with Gasteiger partial charge in [0.1, 0.15) is 11.6 Å². The third-order valence-corrected chi connectivity index (χ3v) is 13.9. The third kappa shape index (κ3) is 15.4. The van der Waals surface area contributed by atoms with Crippen molar-refractivity contribution in [2.45, 2.75) is 93.4 Å². The van der Waals surface area contributed by atoms with Crippen LogP contribution in [-0.4, -0.2) is 63.9 Å². The molecule has 20 heteroatoms. The number of ketones is 1. The topological polar surface area (TPSA) is 249 Å². The number of pyridine rings is 4. The number of carbonyl (C=O) groups excluding carboxylic acids is 3. The Kier molecular flexibility index (Phi) is 21.2. The first-order valence-corrected chi connectivity index (χ1v) is 26.7. The number of nitrogens with zero attached hydrogens (tertiary/aromatic N) is 6. The summed E-state index contributed by atoms with van der Waals surface area (Å²) in [4.78, 5) is 64.5. The van der Waals surface area contributed by atoms with Crippen molar-refractivity contribution in [2.24, 2.45) is 11.7 Å². The van der Waals surface area contributed by atoms with Crippen LogP contribution in [-0.2, 0) is 30.9 Å². The minimum Gasteiger partial charge on any atom is -0.478 e. The highest BCUT2D eigenvalue weighted by atomic mass is 35.5. The highest BCUT2D eigenvalue weighted by molar-refractivity contribution is 6.61. The van der Waals surface area contributed by atoms with Crippen molar-refractivity contribution in [3.05, 3.63) is 186 Å². The molecule has 6 aromatic heterocycles. The van der Waals surface area contributed by atoms with Crippen LogP contribution < -0.4 is 22.5 Å². The van der Waals surface area contributed by atoms with E-state index in [-0.39, 0.29) is 36.5 Å². The van der Waals surface area contributed by atoms with Gasteiger partial charge in [-0.3, -0.25) is 19.6 Å². The molecular formula is C60H64Cl4N10O6. The van der Waals surface area contributed by atoms with Gasteiger partial charge in [-0.15, -0.1) is 11.6 Å². The summed E-state index contributed by atoms with van der Waals surface area (Å²) in [5.74, 6) is 0.0573. The number of fused-ring (bicyclic) bond motifs is 4. The average molecular weight is 1160 g/mol. The van der Waals surface area contributed by atoms with Gasteiger partial charge in [0, 0.05) is 102 Å². The number of nitrogen functional groups attached to an aromatic ring is 2. The van der Waals surface area contributed by atoms with Crippen molar-refractivity contribution in [3.63, 3.8) is 0 Å². The van der Waals surface area contributed by atoms with Crippen molar-refractivity contribution < 1.29 is 29.0 Å². The molecule has 80 heavy (non-hydrogen) atoms. The summed E-state index contributed by atoms with van der Waals surface area (Å²) >= 11 is 23.4. The summed E-state index contributed by atoms with van der Waals surface area (Å²) in [6.07, 6.45) is 15.2. The molecule has 1 atom stereocenters. The van der Waals surface area contributed by atoms with Crippen LogP contribution in [0.5, 0.6) is 0 Å². The van der Waals surface area contributed by atoms with E-state index in [9.17, 15) is 24.3 Å². The minimum absolute atomic E-state index is 0. The minimum atomic E-state index is -0.953. The van der Waals surface area contributed by atoms with Crippen molar-refractivity contribution in [1.82, 2.24) is 34.4 Å². The molecule has 0 aliphatic heterocycles. The maximum Gasteiger partial charge on any atom is 0.403 e. The average Bonchev–Trinajstić information content (AvgIpc) is 4.09. The number of allylic oxidation sites excluding steroid dienone is 2. The number of aromatic nitrogens is 6. The molecule has 8 N–H and O–H groups in total. The van der Waals surface area contributed by atoms with Crippen molar-refractivity contribution in [1.29, 1.82) is 0 Å². The van der Waals surface area contributed by atoms with Gasteiger partial charge in [-0.05, 0) is 134 Å². The zero-order chi connectivity index (χ0) is 57.2. The number of aromatic carboxylic acids is 1. The molecule has 1 amide bonds. The third-order valence-electron chi connectivity index (χ3n) is 13.0. The van der Waals surface area contributed by atoms with E-state index in [1.54, 1.807) is 30.9 Å². The predicted octanol–water partition coefficient (Wildman–Crippen LogP) is 13.4. The van der Waals surface area contributed by atoms with E-state index in [0.29, 0.717) is 83.5 Å². The summed E-state index contributed by atoms with van der Waals surface area (Å²) in [7, 11) is 0. The smallest absolute Gasteiger partial charge is 0.403 e. The van der Waals surface area contributed by atoms with E-state index in [4.69, 9.17) is 63.6 Å². The molecule has 418 valence electrons. The van der Waals surface area contributed by atoms with E-state index in [1.807, 2.05) is 130 Å². The Morgan fingerprint density at radius 1 is 0.775 bits per heavy atom. The maximum absolute atomic E-state index is 13.2. The standard InChI is InChI=1S/C27H24ClN5O2.C19H14Cl2N2O2.C8H13N3.C5H9ClO2.CH4/c1-15-8-25(29)32-16(2)20(15)12-31-27(35)21-14-33(23-4-3-5-24(34)26(21)23)13-17-6-7-22-18(9-17)10-19(28)11-30-22;20-13-7-12-6-11(4-5-16(12)22-8-13)9-23-10-14(19(24)25)18-15(21)2-1-3-17(18)23;1-5-3-8(10)11-6(2)7(5)4-9;1-4(2)3-8-5(6)7;/h3-4,6-11,14H,5,12-13H2,1-2H3,(H2,29,32)(H,31,35);1,3-8,10,15H,2,9H2,(H,24,25);3H,4,9H2,1-2H3,(H2,10,11);4H,3H2,1-2H3;1H4. The molecule has 10 rings (SSSR count). The fourth-order valence-corrected chi connectivity index (χ4v) is 10.0. The van der Waals surface area contributed by atoms with Gasteiger partial charge in [-0.2, -0.15) is 0 Å². The Hall–Kier alpha value is -7.60. The summed E-state index contributed by atoms with van der Waals surface area (Å²) in [6, 6.07) is 19.3. The normalized spacial score (nSPS) is 12.9. The number of hydrogen-bond acceptors (Lipinski definition) is 12. The maximum atomic E-state index is 13.2. The largest absolute Gasteiger partial charge is 0.478 e. The number of carboxylic acid groups (broad SMARTS) is 1. The van der Waals surface area contributed by atoms with Gasteiger partial charge < -0.3 is 41.5 Å². The fraction of sp³-hybridized carbons (Fsp3) is 0.267. The number of benzene rings is 2. The van der Waals surface area contributed by atoms with E-state index in [0.717, 1.165) is 78.0 Å². The number of hydrogen-bond donors (Lipinski definition) is 5. The number of rotatable bonds is 11. The lowest BCUT2D eigenvalue weighted by atomic mass is 9.98. The quantitative estimate of drug-likeness (QED) is 0.0598. The molecule has 8 aromatic rings. The Balaban J connectivity index is 0.000000198. The van der Waals surface area contributed by atoms with E-state index in [1.165, 1.54) is 0 Å². The van der Waals surface area contributed by atoms with Gasteiger partial charge in [-0.25, -0.2) is 19.6 Å². The van der Waals surface area contributed by atoms with Gasteiger partial charge in [0.05, 0.1) is 55.4 Å². The second-order valence-electron chi connectivity index (χ2n) is 19.4. The number of carbonyl (C=O) groups is 4. The van der Waals surface area contributed by atoms with Crippen LogP contribution >= 0.6 is 46.4 Å². The number of carboxylic acids is 1. The molecule has 2 aliphatic rings. The molecule has 0 bridgehead atoms. The van der Waals surface area contributed by atoms with E-state index in [2.05, 4.69) is 30.0 Å². The van der Waals surface area contributed by atoms with Crippen molar-refractivity contribution in [3.8, 4) is 0 Å². The van der Waals surface area contributed by atoms with E-state index < -0.39 is 11.4 Å². The SMILES string of the molecule is C.CC(C)COC(=O)Cl.Cc1cc(N)nc(C)c1CN.Cc1cc(N)nc(C)c1CNC(=O)c1cn(Cc2ccc3ncc(Cl)cc3c2)c2c1C(=O)CC=C2.O=C(O)c1cn(Cc2ccc3ncc(Cl)cc3c2)c2c1C(Cl)CC=C2. The molecule has 0 radical (unpaired) electrons. The highest BCUT2D eigenvalue weighted by Gasteiger charge is 2.28. The fourth-order valence-electron chi connectivity index (χ4n) is 9.29. The monoisotopic (exact) mass is 1160 g/mol. The van der Waals surface area contributed by atoms with Gasteiger partial charge in [0.25, 0.3) is 5.91 Å². The van der Waals surface area contributed by atoms with Crippen LogP contribution in [0.4, 0.5) is 16.4 Å². The molecule has 0 spiro atoms. The summed E-state index contributed by atoms with van der Waals surface area (Å²) < 4.78 is 8.31. The van der Waals surface area contributed by atoms with Gasteiger partial charge >= 0.3 is 11.4 Å². The molecule has 6 heterocycles. The first-order valence-electron chi connectivity index (χ1n) is 25.1. The molecule has 2 aliphatic carbocycles. The Morgan fingerprint density at radius 2 is 1.30 bits per heavy atom. The number of halogens is 4. The highest BCUT2D eigenvalue weighted by Crippen LogP contribution is 2.37. The van der Waals surface area contributed by atoms with Crippen LogP contribution in [0.15, 0.2) is 97.6 Å². The number of alkyl halides is 1. The number of Topliss-reactive ketones (excluding diaryl/α,β-unsaturated/α-hetero) is 1. The second kappa shape index (κ2) is 27.5. The summed E-state index contributed by atoms with van der Waals surface area (Å²) in [5.41, 5.74) is 29.1. The second-order valence-corrected chi connectivity index (χ2v) is 21.1. The number of aryl methyl sites for hydroxylation is 4. The lowest BCUT2D eigenvalue weighted by Gasteiger charge is -2.15. The summed E-state index contributed by atoms with van der Waals surface area (Å²) in [5, 5.41) is 15.2. The van der Waals surface area contributed by atoms with Gasteiger partial charge in [-0.1, -0.05) is 68.8 Å². The van der Waals surface area contributed by atoms with E-state index >= 15 is 0 Å². The molecule has 1 unspecified atom stereocenters. The van der Waals surface area contributed by atoms with Gasteiger partial charge in [0.2, 0.25) is 0 Å².